The van der Waals surface area contributed by atoms with Gasteiger partial charge in [0.25, 0.3) is 6.43 Å². The first-order valence-electron chi connectivity index (χ1n) is 8.95. The standard InChI is InChI=1S/C16H11F15O5/c1-8(19)12(22,23)9(4-36-6(34)3-35-5(33)2-32)14(26,27)10(20,7(17)18)16(30,31)11(21,13(8,24)25)15(9,28)29/h7,32H,2-4H2,1H3. The van der Waals surface area contributed by atoms with Gasteiger partial charge in [-0.3, -0.25) is 0 Å². The number of hydrogen-bond donors (Lipinski definition) is 1. The third kappa shape index (κ3) is 2.66. The van der Waals surface area contributed by atoms with Crippen LogP contribution in [0.4, 0.5) is 65.9 Å². The molecule has 210 valence electrons. The van der Waals surface area contributed by atoms with Crippen molar-refractivity contribution in [2.24, 2.45) is 5.41 Å². The zero-order valence-corrected chi connectivity index (χ0v) is 16.9. The van der Waals surface area contributed by atoms with Crippen LogP contribution in [-0.2, 0) is 19.1 Å². The van der Waals surface area contributed by atoms with Crippen molar-refractivity contribution in [2.75, 3.05) is 19.8 Å². The maximum atomic E-state index is 15.1. The largest absolute Gasteiger partial charge is 0.462 e. The van der Waals surface area contributed by atoms with E-state index in [0.717, 1.165) is 0 Å². The Morgan fingerprint density at radius 2 is 1.17 bits per heavy atom. The molecular formula is C16H11F15O5. The number of hydrogen-bond acceptors (Lipinski definition) is 5. The SMILES string of the molecule is CC1(F)C(F)(F)C2(F)C(F)(F)C(F)(C(F)F)C(F)(F)C(COC(=O)COC(=O)CO)(C1(F)F)C2(F)F. The van der Waals surface area contributed by atoms with E-state index in [1.165, 1.54) is 0 Å². The van der Waals surface area contributed by atoms with Crippen LogP contribution in [0.1, 0.15) is 6.92 Å². The molecule has 0 aromatic rings. The van der Waals surface area contributed by atoms with E-state index in [0.29, 0.717) is 0 Å². The number of rotatable bonds is 6. The Bertz CT molecular complexity index is 927. The molecule has 20 heteroatoms. The van der Waals surface area contributed by atoms with E-state index in [4.69, 9.17) is 5.11 Å². The predicted molar refractivity (Wildman–Crippen MR) is 79.4 cm³/mol. The molecule has 2 bridgehead atoms. The minimum absolute atomic E-state index is 1.31. The van der Waals surface area contributed by atoms with Crippen molar-refractivity contribution in [2.45, 2.75) is 60.0 Å². The van der Waals surface area contributed by atoms with Gasteiger partial charge >= 0.3 is 52.9 Å². The van der Waals surface area contributed by atoms with E-state index in [2.05, 4.69) is 9.47 Å². The summed E-state index contributed by atoms with van der Waals surface area (Å²) in [7, 11) is 0. The lowest BCUT2D eigenvalue weighted by molar-refractivity contribution is -0.548. The normalized spacial score (nSPS) is 39.4. The first-order chi connectivity index (χ1) is 15.8. The quantitative estimate of drug-likeness (QED) is 0.392. The summed E-state index contributed by atoms with van der Waals surface area (Å²) in [5.74, 6) is -42.5. The minimum atomic E-state index is -7.97. The summed E-state index contributed by atoms with van der Waals surface area (Å²) in [6.45, 7) is -8.51. The molecule has 2 aliphatic carbocycles. The van der Waals surface area contributed by atoms with Gasteiger partial charge in [-0.05, 0) is 6.92 Å². The zero-order valence-electron chi connectivity index (χ0n) is 16.9. The fourth-order valence-corrected chi connectivity index (χ4v) is 4.12. The van der Waals surface area contributed by atoms with Crippen LogP contribution in [0, 0.1) is 5.41 Å². The maximum Gasteiger partial charge on any atom is 0.344 e. The second-order valence-electron chi connectivity index (χ2n) is 7.93. The zero-order chi connectivity index (χ0) is 28.8. The van der Waals surface area contributed by atoms with Gasteiger partial charge in [-0.25, -0.2) is 57.9 Å². The Balaban J connectivity index is 2.97. The lowest BCUT2D eigenvalue weighted by Crippen LogP contribution is -2.98. The molecule has 0 heterocycles. The van der Waals surface area contributed by atoms with Gasteiger partial charge in [-0.2, -0.15) is 17.6 Å². The molecule has 5 nitrogen and oxygen atoms in total. The van der Waals surface area contributed by atoms with Crippen LogP contribution in [0.5, 0.6) is 0 Å². The number of ether oxygens (including phenoxy) is 2. The average Bonchev–Trinajstić information content (AvgIpc) is 2.73. The Morgan fingerprint density at radius 1 is 0.694 bits per heavy atom. The average molecular weight is 568 g/mol. The number of aliphatic hydroxyl groups excluding tert-OH is 1. The van der Waals surface area contributed by atoms with Crippen molar-refractivity contribution in [1.82, 2.24) is 0 Å². The molecule has 4 unspecified atom stereocenters. The van der Waals surface area contributed by atoms with E-state index >= 15 is 4.39 Å². The second kappa shape index (κ2) is 7.68. The van der Waals surface area contributed by atoms with Gasteiger partial charge in [0.15, 0.2) is 6.61 Å². The fourth-order valence-electron chi connectivity index (χ4n) is 4.12. The summed E-state index contributed by atoms with van der Waals surface area (Å²) in [4.78, 5) is 22.1. The summed E-state index contributed by atoms with van der Waals surface area (Å²) < 4.78 is 225. The van der Waals surface area contributed by atoms with E-state index in [-0.39, 0.29) is 0 Å². The minimum Gasteiger partial charge on any atom is -0.462 e. The molecular weight excluding hydrogens is 557 g/mol. The molecule has 0 saturated heterocycles. The Kier molecular flexibility index (Phi) is 6.42. The molecule has 2 aliphatic rings. The van der Waals surface area contributed by atoms with Crippen LogP contribution in [0.2, 0.25) is 0 Å². The monoisotopic (exact) mass is 568 g/mol. The molecule has 0 spiro atoms. The molecule has 2 rings (SSSR count). The van der Waals surface area contributed by atoms with Gasteiger partial charge in [0.1, 0.15) is 13.2 Å². The third-order valence-corrected chi connectivity index (χ3v) is 6.23. The van der Waals surface area contributed by atoms with Crippen LogP contribution in [0.15, 0.2) is 0 Å². The smallest absolute Gasteiger partial charge is 0.344 e. The number of fused-ring (bicyclic) bond motifs is 2. The van der Waals surface area contributed by atoms with Gasteiger partial charge in [0.2, 0.25) is 11.1 Å². The maximum absolute atomic E-state index is 15.1. The van der Waals surface area contributed by atoms with Gasteiger partial charge < -0.3 is 14.6 Å². The molecule has 2 fully saturated rings. The topological polar surface area (TPSA) is 72.8 Å². The van der Waals surface area contributed by atoms with Gasteiger partial charge in [-0.15, -0.1) is 0 Å². The number of carbonyl (C=O) groups excluding carboxylic acids is 2. The van der Waals surface area contributed by atoms with Crippen LogP contribution in [-0.4, -0.2) is 89.9 Å². The summed E-state index contributed by atoms with van der Waals surface area (Å²) in [5, 5.41) is 8.33. The molecule has 0 radical (unpaired) electrons. The van der Waals surface area contributed by atoms with Crippen LogP contribution in [0.25, 0.3) is 0 Å². The number of esters is 2. The highest BCUT2D eigenvalue weighted by atomic mass is 19.3. The molecule has 2 saturated carbocycles. The predicted octanol–water partition coefficient (Wildman–Crippen LogP) is 3.67. The second-order valence-corrected chi connectivity index (χ2v) is 7.93. The number of carbonyl (C=O) groups is 2. The van der Waals surface area contributed by atoms with E-state index in [1.807, 2.05) is 0 Å². The Hall–Kier alpha value is -2.15. The van der Waals surface area contributed by atoms with E-state index < -0.39 is 97.1 Å². The summed E-state index contributed by atoms with van der Waals surface area (Å²) in [5.41, 5.74) is -28.9. The number of halogens is 15. The van der Waals surface area contributed by atoms with Crippen LogP contribution >= 0.6 is 0 Å². The Labute approximate surface area is 188 Å². The number of aliphatic hydroxyl groups is 1. The van der Waals surface area contributed by atoms with Gasteiger partial charge in [0, 0.05) is 0 Å². The van der Waals surface area contributed by atoms with Crippen LogP contribution < -0.4 is 0 Å². The van der Waals surface area contributed by atoms with Crippen molar-refractivity contribution >= 4 is 11.9 Å². The molecule has 0 aromatic carbocycles. The number of alkyl halides is 15. The Morgan fingerprint density at radius 3 is 1.58 bits per heavy atom. The first kappa shape index (κ1) is 30.1. The molecule has 0 aliphatic heterocycles. The van der Waals surface area contributed by atoms with Crippen molar-refractivity contribution in [3.8, 4) is 0 Å². The highest BCUT2D eigenvalue weighted by Crippen LogP contribution is 2.83. The third-order valence-electron chi connectivity index (χ3n) is 6.23. The lowest BCUT2D eigenvalue weighted by atomic mass is 9.44. The highest BCUT2D eigenvalue weighted by Gasteiger charge is 3.12. The molecule has 0 amide bonds. The molecule has 1 N–H and O–H groups in total. The van der Waals surface area contributed by atoms with Crippen LogP contribution in [0.3, 0.4) is 0 Å². The van der Waals surface area contributed by atoms with Crippen molar-refractivity contribution in [3.05, 3.63) is 0 Å². The van der Waals surface area contributed by atoms with Crippen molar-refractivity contribution in [3.63, 3.8) is 0 Å². The first-order valence-corrected chi connectivity index (χ1v) is 8.95. The van der Waals surface area contributed by atoms with Crippen molar-refractivity contribution in [1.29, 1.82) is 0 Å². The van der Waals surface area contributed by atoms with Crippen molar-refractivity contribution < 1.29 is 90.0 Å². The molecule has 0 aromatic heterocycles. The fraction of sp³-hybridized carbons (Fsp3) is 0.875. The molecule has 36 heavy (non-hydrogen) atoms. The summed E-state index contributed by atoms with van der Waals surface area (Å²) >= 11 is 0. The van der Waals surface area contributed by atoms with Gasteiger partial charge in [-0.1, -0.05) is 0 Å². The summed E-state index contributed by atoms with van der Waals surface area (Å²) in [6, 6.07) is 0. The molecule has 4 atom stereocenters. The lowest BCUT2D eigenvalue weighted by Gasteiger charge is -2.68. The van der Waals surface area contributed by atoms with E-state index in [9.17, 15) is 71.1 Å². The summed E-state index contributed by atoms with van der Waals surface area (Å²) in [6.07, 6.45) is -6.15. The van der Waals surface area contributed by atoms with Gasteiger partial charge in [0.05, 0.1) is 0 Å². The highest BCUT2D eigenvalue weighted by molar-refractivity contribution is 5.76. The van der Waals surface area contributed by atoms with E-state index in [1.54, 1.807) is 0 Å².